The normalized spacial score (nSPS) is 16.0. The molecule has 0 unspecified atom stereocenters. The molecule has 3 rings (SSSR count). The predicted molar refractivity (Wildman–Crippen MR) is 94.5 cm³/mol. The van der Waals surface area contributed by atoms with E-state index in [0.29, 0.717) is 37.8 Å². The van der Waals surface area contributed by atoms with Crippen molar-refractivity contribution in [3.63, 3.8) is 0 Å². The maximum atomic E-state index is 12.7. The van der Waals surface area contributed by atoms with Gasteiger partial charge >= 0.3 is 0 Å². The molecule has 0 amide bonds. The van der Waals surface area contributed by atoms with E-state index < -0.39 is 10.0 Å². The van der Waals surface area contributed by atoms with Crippen molar-refractivity contribution in [2.45, 2.75) is 11.5 Å². The molecule has 1 saturated heterocycles. The van der Waals surface area contributed by atoms with Gasteiger partial charge in [-0.15, -0.1) is 0 Å². The topological polar surface area (TPSA) is 55.8 Å². The summed E-state index contributed by atoms with van der Waals surface area (Å²) in [5.74, 6) is 0.728. The van der Waals surface area contributed by atoms with Gasteiger partial charge in [0, 0.05) is 17.6 Å². The highest BCUT2D eigenvalue weighted by molar-refractivity contribution is 9.10. The Labute approximate surface area is 150 Å². The van der Waals surface area contributed by atoms with Crippen molar-refractivity contribution in [3.8, 4) is 5.75 Å². The van der Waals surface area contributed by atoms with Crippen LogP contribution in [0.25, 0.3) is 0 Å². The lowest BCUT2D eigenvalue weighted by atomic mass is 10.2. The van der Waals surface area contributed by atoms with Crippen LogP contribution >= 0.6 is 15.9 Å². The number of benzene rings is 2. The quantitative estimate of drug-likeness (QED) is 0.758. The molecule has 5 nitrogen and oxygen atoms in total. The number of ether oxygens (including phenoxy) is 2. The second-order valence-corrected chi connectivity index (χ2v) is 8.26. The molecule has 0 spiro atoms. The summed E-state index contributed by atoms with van der Waals surface area (Å²) in [6, 6.07) is 14.4. The van der Waals surface area contributed by atoms with Crippen LogP contribution in [0.1, 0.15) is 5.56 Å². The summed E-state index contributed by atoms with van der Waals surface area (Å²) in [6.45, 7) is 1.96. The highest BCUT2D eigenvalue weighted by Crippen LogP contribution is 2.21. The van der Waals surface area contributed by atoms with Crippen molar-refractivity contribution in [1.82, 2.24) is 4.31 Å². The molecule has 0 bridgehead atoms. The minimum absolute atomic E-state index is 0.291. The van der Waals surface area contributed by atoms with Crippen LogP contribution in [0.4, 0.5) is 0 Å². The summed E-state index contributed by atoms with van der Waals surface area (Å²) in [6.07, 6.45) is 0. The molecule has 1 heterocycles. The first-order chi connectivity index (χ1) is 11.6. The number of hydrogen-bond acceptors (Lipinski definition) is 4. The second-order valence-electron chi connectivity index (χ2n) is 5.41. The molecule has 0 saturated carbocycles. The Morgan fingerprint density at radius 1 is 1.08 bits per heavy atom. The van der Waals surface area contributed by atoms with Crippen molar-refractivity contribution in [2.24, 2.45) is 0 Å². The average molecular weight is 412 g/mol. The molecule has 1 fully saturated rings. The van der Waals surface area contributed by atoms with Gasteiger partial charge in [-0.05, 0) is 35.9 Å². The third-order valence-corrected chi connectivity index (χ3v) is 6.10. The predicted octanol–water partition coefficient (Wildman–Crippen LogP) is 3.05. The Morgan fingerprint density at radius 3 is 2.58 bits per heavy atom. The van der Waals surface area contributed by atoms with E-state index in [9.17, 15) is 8.42 Å². The number of rotatable bonds is 5. The molecule has 0 atom stereocenters. The number of morpholine rings is 1. The van der Waals surface area contributed by atoms with E-state index in [1.54, 1.807) is 18.2 Å². The number of nitrogens with zero attached hydrogens (tertiary/aromatic N) is 1. The fourth-order valence-electron chi connectivity index (χ4n) is 2.46. The van der Waals surface area contributed by atoms with Crippen LogP contribution in [0.5, 0.6) is 5.75 Å². The van der Waals surface area contributed by atoms with Gasteiger partial charge in [0.25, 0.3) is 0 Å². The molecule has 0 N–H and O–H groups in total. The van der Waals surface area contributed by atoms with Crippen molar-refractivity contribution in [3.05, 3.63) is 58.6 Å². The van der Waals surface area contributed by atoms with Crippen molar-refractivity contribution >= 4 is 26.0 Å². The molecule has 24 heavy (non-hydrogen) atoms. The Kier molecular flexibility index (Phi) is 5.55. The number of hydrogen-bond donors (Lipinski definition) is 0. The van der Waals surface area contributed by atoms with Crippen LogP contribution in [-0.4, -0.2) is 39.0 Å². The van der Waals surface area contributed by atoms with Gasteiger partial charge in [0.1, 0.15) is 12.4 Å². The lowest BCUT2D eigenvalue weighted by Gasteiger charge is -2.26. The van der Waals surface area contributed by atoms with E-state index in [0.717, 1.165) is 15.8 Å². The van der Waals surface area contributed by atoms with Crippen LogP contribution in [0, 0.1) is 0 Å². The average Bonchev–Trinajstić information content (AvgIpc) is 2.61. The first-order valence-electron chi connectivity index (χ1n) is 7.61. The molecule has 7 heteroatoms. The first kappa shape index (κ1) is 17.4. The maximum absolute atomic E-state index is 12.7. The highest BCUT2D eigenvalue weighted by atomic mass is 79.9. The summed E-state index contributed by atoms with van der Waals surface area (Å²) in [4.78, 5) is 0.291. The van der Waals surface area contributed by atoms with Crippen molar-refractivity contribution in [1.29, 1.82) is 0 Å². The lowest BCUT2D eigenvalue weighted by molar-refractivity contribution is 0.0730. The summed E-state index contributed by atoms with van der Waals surface area (Å²) >= 11 is 3.40. The zero-order valence-corrected chi connectivity index (χ0v) is 15.4. The fraction of sp³-hybridized carbons (Fsp3) is 0.294. The van der Waals surface area contributed by atoms with E-state index in [4.69, 9.17) is 9.47 Å². The Bertz CT molecular complexity index is 804. The number of halogens is 1. The van der Waals surface area contributed by atoms with Crippen LogP contribution in [0.3, 0.4) is 0 Å². The molecule has 1 aliphatic rings. The summed E-state index contributed by atoms with van der Waals surface area (Å²) < 4.78 is 38.7. The van der Waals surface area contributed by atoms with Crippen LogP contribution in [-0.2, 0) is 21.4 Å². The Morgan fingerprint density at radius 2 is 1.83 bits per heavy atom. The molecule has 0 aliphatic carbocycles. The van der Waals surface area contributed by atoms with Gasteiger partial charge in [-0.3, -0.25) is 0 Å². The minimum Gasteiger partial charge on any atom is -0.489 e. The molecule has 2 aromatic rings. The third-order valence-electron chi connectivity index (χ3n) is 3.71. The summed E-state index contributed by atoms with van der Waals surface area (Å²) in [5, 5.41) is 0. The molecule has 2 aromatic carbocycles. The summed E-state index contributed by atoms with van der Waals surface area (Å²) in [5.41, 5.74) is 0.810. The maximum Gasteiger partial charge on any atom is 0.243 e. The van der Waals surface area contributed by atoms with Gasteiger partial charge in [-0.1, -0.05) is 34.1 Å². The standard InChI is InChI=1S/C17H18BrNO4S/c18-15-4-2-5-16(12-15)23-13-14-3-1-6-17(11-14)24(20,21)19-7-9-22-10-8-19/h1-6,11-12H,7-10,13H2. The molecule has 1 aliphatic heterocycles. The van der Waals surface area contributed by atoms with E-state index in [2.05, 4.69) is 15.9 Å². The number of sulfonamides is 1. The Balaban J connectivity index is 1.74. The van der Waals surface area contributed by atoms with Gasteiger partial charge < -0.3 is 9.47 Å². The van der Waals surface area contributed by atoms with Gasteiger partial charge in [-0.2, -0.15) is 4.31 Å². The smallest absolute Gasteiger partial charge is 0.243 e. The molecule has 0 radical (unpaired) electrons. The minimum atomic E-state index is -3.48. The van der Waals surface area contributed by atoms with Gasteiger partial charge in [-0.25, -0.2) is 8.42 Å². The van der Waals surface area contributed by atoms with Gasteiger partial charge in [0.2, 0.25) is 10.0 Å². The van der Waals surface area contributed by atoms with Crippen LogP contribution < -0.4 is 4.74 Å². The zero-order chi connectivity index (χ0) is 17.0. The molecule has 0 aromatic heterocycles. The highest BCUT2D eigenvalue weighted by Gasteiger charge is 2.26. The monoisotopic (exact) mass is 411 g/mol. The van der Waals surface area contributed by atoms with Crippen molar-refractivity contribution in [2.75, 3.05) is 26.3 Å². The molecular weight excluding hydrogens is 394 g/mol. The van der Waals surface area contributed by atoms with Gasteiger partial charge in [0.15, 0.2) is 0 Å². The van der Waals surface area contributed by atoms with Crippen LogP contribution in [0.2, 0.25) is 0 Å². The lowest BCUT2D eigenvalue weighted by Crippen LogP contribution is -2.40. The van der Waals surface area contributed by atoms with E-state index >= 15 is 0 Å². The SMILES string of the molecule is O=S(=O)(c1cccc(COc2cccc(Br)c2)c1)N1CCOCC1. The van der Waals surface area contributed by atoms with E-state index in [1.807, 2.05) is 30.3 Å². The first-order valence-corrected chi connectivity index (χ1v) is 9.84. The second kappa shape index (κ2) is 7.65. The Hall–Kier alpha value is -1.41. The largest absolute Gasteiger partial charge is 0.489 e. The molecular formula is C17H18BrNO4S. The van der Waals surface area contributed by atoms with E-state index in [1.165, 1.54) is 4.31 Å². The fourth-order valence-corrected chi connectivity index (χ4v) is 4.31. The van der Waals surface area contributed by atoms with Crippen molar-refractivity contribution < 1.29 is 17.9 Å². The third kappa shape index (κ3) is 4.16. The molecule has 128 valence electrons. The van der Waals surface area contributed by atoms with Crippen LogP contribution in [0.15, 0.2) is 57.9 Å². The van der Waals surface area contributed by atoms with E-state index in [-0.39, 0.29) is 0 Å². The summed E-state index contributed by atoms with van der Waals surface area (Å²) in [7, 11) is -3.48. The zero-order valence-electron chi connectivity index (χ0n) is 13.0. The van der Waals surface area contributed by atoms with Gasteiger partial charge in [0.05, 0.1) is 18.1 Å².